The Morgan fingerprint density at radius 1 is 1.03 bits per heavy atom. The van der Waals surface area contributed by atoms with Crippen molar-refractivity contribution < 1.29 is 9.15 Å². The van der Waals surface area contributed by atoms with E-state index >= 15 is 0 Å². The number of nitrogens with zero attached hydrogens (tertiary/aromatic N) is 3. The fourth-order valence-electron chi connectivity index (χ4n) is 3.35. The summed E-state index contributed by atoms with van der Waals surface area (Å²) in [5.74, 6) is 2.24. The Morgan fingerprint density at radius 3 is 2.58 bits per heavy atom. The minimum Gasteiger partial charge on any atom is -0.493 e. The van der Waals surface area contributed by atoms with Gasteiger partial charge in [-0.15, -0.1) is 0 Å². The molecule has 4 rings (SSSR count). The lowest BCUT2D eigenvalue weighted by molar-refractivity contribution is 0.309. The molecule has 0 aliphatic carbocycles. The normalized spacial score (nSPS) is 11.1. The van der Waals surface area contributed by atoms with E-state index in [4.69, 9.17) is 14.9 Å². The molecule has 2 heterocycles. The molecule has 0 atom stereocenters. The van der Waals surface area contributed by atoms with Crippen LogP contribution in [-0.4, -0.2) is 21.6 Å². The first-order valence-electron chi connectivity index (χ1n) is 10.6. The molecular formula is C24H27N5O2. The predicted octanol–water partition coefficient (Wildman–Crippen LogP) is 5.66. The van der Waals surface area contributed by atoms with Crippen molar-refractivity contribution in [2.24, 2.45) is 0 Å². The van der Waals surface area contributed by atoms with Crippen LogP contribution in [0.5, 0.6) is 5.75 Å². The van der Waals surface area contributed by atoms with E-state index in [0.29, 0.717) is 24.1 Å². The Hall–Kier alpha value is -3.61. The molecule has 0 bridgehead atoms. The second-order valence-corrected chi connectivity index (χ2v) is 7.43. The van der Waals surface area contributed by atoms with Gasteiger partial charge < -0.3 is 20.2 Å². The van der Waals surface area contributed by atoms with Crippen LogP contribution in [0.15, 0.2) is 46.9 Å². The van der Waals surface area contributed by atoms with Gasteiger partial charge in [0.15, 0.2) is 5.76 Å². The van der Waals surface area contributed by atoms with Crippen molar-refractivity contribution in [2.45, 2.75) is 40.0 Å². The summed E-state index contributed by atoms with van der Waals surface area (Å²) in [6, 6.07) is 14.0. The maximum Gasteiger partial charge on any atom is 0.232 e. The summed E-state index contributed by atoms with van der Waals surface area (Å²) in [5, 5.41) is 4.18. The molecule has 0 saturated carbocycles. The topological polar surface area (TPSA) is 99.1 Å². The third kappa shape index (κ3) is 4.60. The zero-order chi connectivity index (χ0) is 21.8. The van der Waals surface area contributed by atoms with Crippen molar-refractivity contribution in [3.05, 3.63) is 53.6 Å². The van der Waals surface area contributed by atoms with Gasteiger partial charge in [-0.25, -0.2) is 0 Å². The molecule has 0 amide bonds. The maximum absolute atomic E-state index is 6.11. The van der Waals surface area contributed by atoms with Crippen LogP contribution >= 0.6 is 0 Å². The monoisotopic (exact) mass is 417 g/mol. The number of benzene rings is 2. The molecule has 160 valence electrons. The molecule has 2 aromatic carbocycles. The standard InChI is InChI=1S/C24H27N5O2/c1-4-6-13-30-18-11-12-19-15(3)21(31-20(19)14-18)22-27-23(25)29-24(28-22)26-17-9-7-16(5-2)8-10-17/h7-12,14H,4-6,13H2,1-3H3,(H3,25,26,27,28,29). The van der Waals surface area contributed by atoms with Gasteiger partial charge in [0.25, 0.3) is 0 Å². The molecule has 7 nitrogen and oxygen atoms in total. The quantitative estimate of drug-likeness (QED) is 0.357. The molecule has 0 spiro atoms. The first-order chi connectivity index (χ1) is 15.1. The number of rotatable bonds is 8. The van der Waals surface area contributed by atoms with Gasteiger partial charge in [0.2, 0.25) is 17.7 Å². The molecule has 7 heteroatoms. The van der Waals surface area contributed by atoms with E-state index in [9.17, 15) is 0 Å². The van der Waals surface area contributed by atoms with Gasteiger partial charge in [-0.3, -0.25) is 0 Å². The van der Waals surface area contributed by atoms with Crippen molar-refractivity contribution in [2.75, 3.05) is 17.7 Å². The maximum atomic E-state index is 6.11. The number of hydrogen-bond acceptors (Lipinski definition) is 7. The zero-order valence-corrected chi connectivity index (χ0v) is 18.1. The molecule has 0 fully saturated rings. The van der Waals surface area contributed by atoms with Gasteiger partial charge in [0, 0.05) is 22.7 Å². The summed E-state index contributed by atoms with van der Waals surface area (Å²) in [4.78, 5) is 13.1. The van der Waals surface area contributed by atoms with Crippen LogP contribution in [0.4, 0.5) is 17.6 Å². The van der Waals surface area contributed by atoms with E-state index in [1.165, 1.54) is 5.56 Å². The van der Waals surface area contributed by atoms with Gasteiger partial charge >= 0.3 is 0 Å². The fourth-order valence-corrected chi connectivity index (χ4v) is 3.35. The number of nitrogen functional groups attached to an aromatic ring is 1. The van der Waals surface area contributed by atoms with E-state index in [2.05, 4.69) is 46.2 Å². The molecule has 2 aromatic heterocycles. The molecule has 0 aliphatic heterocycles. The highest BCUT2D eigenvalue weighted by atomic mass is 16.5. The number of furan rings is 1. The average molecular weight is 418 g/mol. The molecule has 0 aliphatic rings. The van der Waals surface area contributed by atoms with E-state index in [1.54, 1.807) is 0 Å². The van der Waals surface area contributed by atoms with E-state index in [-0.39, 0.29) is 5.95 Å². The minimum absolute atomic E-state index is 0.126. The van der Waals surface area contributed by atoms with Gasteiger partial charge in [-0.2, -0.15) is 15.0 Å². The van der Waals surface area contributed by atoms with E-state index in [1.807, 2.05) is 37.3 Å². The molecular weight excluding hydrogens is 390 g/mol. The molecule has 4 aromatic rings. The van der Waals surface area contributed by atoms with Crippen molar-refractivity contribution in [1.82, 2.24) is 15.0 Å². The van der Waals surface area contributed by atoms with Gasteiger partial charge in [-0.1, -0.05) is 32.4 Å². The van der Waals surface area contributed by atoms with Crippen LogP contribution in [0.2, 0.25) is 0 Å². The second-order valence-electron chi connectivity index (χ2n) is 7.43. The van der Waals surface area contributed by atoms with Crippen LogP contribution in [0, 0.1) is 6.92 Å². The Bertz CT molecular complexity index is 1180. The van der Waals surface area contributed by atoms with Gasteiger partial charge in [0.05, 0.1) is 6.61 Å². The van der Waals surface area contributed by atoms with Gasteiger partial charge in [-0.05, 0) is 49.6 Å². The predicted molar refractivity (Wildman–Crippen MR) is 124 cm³/mol. The molecule has 3 N–H and O–H groups in total. The van der Waals surface area contributed by atoms with Crippen LogP contribution < -0.4 is 15.8 Å². The van der Waals surface area contributed by atoms with Crippen LogP contribution in [0.25, 0.3) is 22.6 Å². The third-order valence-electron chi connectivity index (χ3n) is 5.15. The number of nitrogens with one attached hydrogen (secondary N) is 1. The first kappa shape index (κ1) is 20.7. The highest BCUT2D eigenvalue weighted by Crippen LogP contribution is 2.34. The van der Waals surface area contributed by atoms with Gasteiger partial charge in [0.1, 0.15) is 11.3 Å². The lowest BCUT2D eigenvalue weighted by atomic mass is 10.1. The zero-order valence-electron chi connectivity index (χ0n) is 18.1. The summed E-state index contributed by atoms with van der Waals surface area (Å²) < 4.78 is 11.9. The Labute approximate surface area is 181 Å². The van der Waals surface area contributed by atoms with Crippen LogP contribution in [0.3, 0.4) is 0 Å². The Kier molecular flexibility index (Phi) is 6.02. The number of hydrogen-bond donors (Lipinski definition) is 2. The summed E-state index contributed by atoms with van der Waals surface area (Å²) >= 11 is 0. The highest BCUT2D eigenvalue weighted by molar-refractivity contribution is 5.87. The van der Waals surface area contributed by atoms with Crippen LogP contribution in [0.1, 0.15) is 37.8 Å². The molecule has 0 radical (unpaired) electrons. The first-order valence-corrected chi connectivity index (χ1v) is 10.6. The summed E-state index contributed by atoms with van der Waals surface area (Å²) in [6.45, 7) is 6.93. The molecule has 0 unspecified atom stereocenters. The largest absolute Gasteiger partial charge is 0.493 e. The number of aryl methyl sites for hydroxylation is 2. The van der Waals surface area contributed by atoms with Crippen molar-refractivity contribution in [3.8, 4) is 17.3 Å². The number of aromatic nitrogens is 3. The number of unbranched alkanes of at least 4 members (excludes halogenated alkanes) is 1. The number of fused-ring (bicyclic) bond motifs is 1. The molecule has 0 saturated heterocycles. The number of nitrogens with two attached hydrogens (primary N) is 1. The van der Waals surface area contributed by atoms with E-state index < -0.39 is 0 Å². The highest BCUT2D eigenvalue weighted by Gasteiger charge is 2.17. The lowest BCUT2D eigenvalue weighted by Crippen LogP contribution is -2.05. The Morgan fingerprint density at radius 2 is 1.84 bits per heavy atom. The smallest absolute Gasteiger partial charge is 0.232 e. The minimum atomic E-state index is 0.126. The number of ether oxygens (including phenoxy) is 1. The molecule has 31 heavy (non-hydrogen) atoms. The van der Waals surface area contributed by atoms with Crippen molar-refractivity contribution in [3.63, 3.8) is 0 Å². The summed E-state index contributed by atoms with van der Waals surface area (Å²) in [7, 11) is 0. The van der Waals surface area contributed by atoms with Crippen molar-refractivity contribution in [1.29, 1.82) is 0 Å². The van der Waals surface area contributed by atoms with E-state index in [0.717, 1.165) is 47.2 Å². The fraction of sp³-hybridized carbons (Fsp3) is 0.292. The second kappa shape index (κ2) is 9.04. The summed E-state index contributed by atoms with van der Waals surface area (Å²) in [5.41, 5.74) is 9.78. The van der Waals surface area contributed by atoms with Crippen molar-refractivity contribution >= 4 is 28.6 Å². The number of anilines is 3. The summed E-state index contributed by atoms with van der Waals surface area (Å²) in [6.07, 6.45) is 3.09. The Balaban J connectivity index is 1.64. The average Bonchev–Trinajstić information content (AvgIpc) is 3.10. The SMILES string of the molecule is CCCCOc1ccc2c(C)c(-c3nc(N)nc(Nc4ccc(CC)cc4)n3)oc2c1. The third-order valence-corrected chi connectivity index (χ3v) is 5.15. The van der Waals surface area contributed by atoms with Crippen LogP contribution in [-0.2, 0) is 6.42 Å². The lowest BCUT2D eigenvalue weighted by Gasteiger charge is -2.07.